The molecular formula is C24H30N6O2. The van der Waals surface area contributed by atoms with Gasteiger partial charge in [0.1, 0.15) is 23.9 Å². The molecule has 168 valence electrons. The van der Waals surface area contributed by atoms with Crippen molar-refractivity contribution in [2.75, 3.05) is 14.2 Å². The summed E-state index contributed by atoms with van der Waals surface area (Å²) in [7, 11) is 3.44. The van der Waals surface area contributed by atoms with Gasteiger partial charge >= 0.3 is 0 Å². The second-order valence-electron chi connectivity index (χ2n) is 7.84. The van der Waals surface area contributed by atoms with Crippen LogP contribution in [0.5, 0.6) is 11.5 Å². The zero-order valence-corrected chi connectivity index (χ0v) is 18.8. The number of nitrogens with zero attached hydrogens (tertiary/aromatic N) is 4. The smallest absolute Gasteiger partial charge is 0.191 e. The summed E-state index contributed by atoms with van der Waals surface area (Å²) in [6.07, 6.45) is 1.84. The van der Waals surface area contributed by atoms with Gasteiger partial charge in [0, 0.05) is 38.7 Å². The Bertz CT molecular complexity index is 1080. The molecule has 2 heterocycles. The zero-order valence-electron chi connectivity index (χ0n) is 18.8. The van der Waals surface area contributed by atoms with Crippen molar-refractivity contribution in [3.63, 3.8) is 0 Å². The average molecular weight is 435 g/mol. The van der Waals surface area contributed by atoms with Crippen molar-refractivity contribution in [2.24, 2.45) is 4.99 Å². The number of guanidine groups is 1. The molecule has 1 aliphatic rings. The van der Waals surface area contributed by atoms with Crippen LogP contribution in [0.4, 0.5) is 0 Å². The molecule has 1 atom stereocenters. The van der Waals surface area contributed by atoms with Crippen molar-refractivity contribution in [2.45, 2.75) is 45.5 Å². The van der Waals surface area contributed by atoms with Crippen molar-refractivity contribution in [3.05, 3.63) is 71.3 Å². The van der Waals surface area contributed by atoms with E-state index in [1.54, 1.807) is 14.2 Å². The molecule has 0 saturated carbocycles. The number of hydrogen-bond donors (Lipinski definition) is 2. The normalized spacial score (nSPS) is 15.8. The molecule has 0 bridgehead atoms. The van der Waals surface area contributed by atoms with Crippen LogP contribution >= 0.6 is 0 Å². The number of para-hydroxylation sites is 2. The lowest BCUT2D eigenvalue weighted by molar-refractivity contribution is 0.177. The van der Waals surface area contributed by atoms with Crippen LogP contribution in [0, 0.1) is 6.92 Å². The minimum absolute atomic E-state index is 0.226. The molecular weight excluding hydrogens is 404 g/mol. The van der Waals surface area contributed by atoms with E-state index in [4.69, 9.17) is 9.47 Å². The number of rotatable bonds is 7. The molecule has 1 aliphatic heterocycles. The van der Waals surface area contributed by atoms with Crippen LogP contribution in [-0.4, -0.2) is 40.9 Å². The van der Waals surface area contributed by atoms with Crippen LogP contribution in [0.25, 0.3) is 0 Å². The van der Waals surface area contributed by atoms with E-state index in [2.05, 4.69) is 31.8 Å². The van der Waals surface area contributed by atoms with Crippen molar-refractivity contribution >= 4 is 5.96 Å². The molecule has 0 fully saturated rings. The Morgan fingerprint density at radius 1 is 1.16 bits per heavy atom. The van der Waals surface area contributed by atoms with Gasteiger partial charge < -0.3 is 20.1 Å². The third kappa shape index (κ3) is 5.26. The fourth-order valence-corrected chi connectivity index (χ4v) is 3.77. The second kappa shape index (κ2) is 10.3. The summed E-state index contributed by atoms with van der Waals surface area (Å²) < 4.78 is 13.3. The number of aryl methyl sites for hydroxylation is 2. The summed E-state index contributed by atoms with van der Waals surface area (Å²) in [4.78, 5) is 8.94. The maximum Gasteiger partial charge on any atom is 0.191 e. The lowest BCUT2D eigenvalue weighted by atomic mass is 10.1. The van der Waals surface area contributed by atoms with E-state index in [0.29, 0.717) is 13.2 Å². The van der Waals surface area contributed by atoms with Crippen LogP contribution in [0.15, 0.2) is 53.5 Å². The van der Waals surface area contributed by atoms with E-state index in [-0.39, 0.29) is 6.04 Å². The molecule has 2 aromatic carbocycles. The van der Waals surface area contributed by atoms with Gasteiger partial charge in [-0.1, -0.05) is 36.4 Å². The minimum atomic E-state index is 0.226. The number of methoxy groups -OCH3 is 1. The molecule has 32 heavy (non-hydrogen) atoms. The topological polar surface area (TPSA) is 85.6 Å². The Morgan fingerprint density at radius 3 is 2.72 bits per heavy atom. The SMILES string of the molecule is CN=C(NCc1ccccc1Oc1ccccc1C)NC1CCc2nc(COC)nn2C1. The van der Waals surface area contributed by atoms with Crippen LogP contribution in [0.3, 0.4) is 0 Å². The largest absolute Gasteiger partial charge is 0.457 e. The summed E-state index contributed by atoms with van der Waals surface area (Å²) in [5.74, 6) is 4.19. The molecule has 1 aromatic heterocycles. The molecule has 0 spiro atoms. The van der Waals surface area contributed by atoms with Crippen molar-refractivity contribution in [3.8, 4) is 11.5 Å². The molecule has 3 aromatic rings. The maximum absolute atomic E-state index is 6.19. The average Bonchev–Trinajstić information content (AvgIpc) is 3.21. The number of benzene rings is 2. The van der Waals surface area contributed by atoms with Gasteiger partial charge in [-0.3, -0.25) is 4.99 Å². The summed E-state index contributed by atoms with van der Waals surface area (Å²) in [6, 6.07) is 16.3. The summed E-state index contributed by atoms with van der Waals surface area (Å²) in [5, 5.41) is 11.5. The monoisotopic (exact) mass is 434 g/mol. The first-order valence-corrected chi connectivity index (χ1v) is 10.9. The lowest BCUT2D eigenvalue weighted by Crippen LogP contribution is -2.46. The lowest BCUT2D eigenvalue weighted by Gasteiger charge is -2.25. The van der Waals surface area contributed by atoms with Gasteiger partial charge in [-0.2, -0.15) is 5.10 Å². The van der Waals surface area contributed by atoms with E-state index in [0.717, 1.165) is 59.6 Å². The fourth-order valence-electron chi connectivity index (χ4n) is 3.77. The van der Waals surface area contributed by atoms with Crippen LogP contribution in [0.1, 0.15) is 29.2 Å². The highest BCUT2D eigenvalue weighted by molar-refractivity contribution is 5.80. The van der Waals surface area contributed by atoms with Gasteiger partial charge in [0.05, 0.1) is 6.54 Å². The number of aromatic nitrogens is 3. The molecule has 0 aliphatic carbocycles. The predicted molar refractivity (Wildman–Crippen MR) is 124 cm³/mol. The molecule has 8 heteroatoms. The fraction of sp³-hybridized carbons (Fsp3) is 0.375. The van der Waals surface area contributed by atoms with E-state index in [1.165, 1.54) is 0 Å². The first-order valence-electron chi connectivity index (χ1n) is 10.9. The van der Waals surface area contributed by atoms with Gasteiger partial charge in [-0.25, -0.2) is 9.67 Å². The Morgan fingerprint density at radius 2 is 1.94 bits per heavy atom. The summed E-state index contributed by atoms with van der Waals surface area (Å²) in [5.41, 5.74) is 2.16. The van der Waals surface area contributed by atoms with Gasteiger partial charge in [0.2, 0.25) is 0 Å². The highest BCUT2D eigenvalue weighted by atomic mass is 16.5. The number of aliphatic imine (C=N–C) groups is 1. The first kappa shape index (κ1) is 21.8. The van der Waals surface area contributed by atoms with Crippen LogP contribution in [0.2, 0.25) is 0 Å². The Balaban J connectivity index is 1.37. The highest BCUT2D eigenvalue weighted by Gasteiger charge is 2.22. The van der Waals surface area contributed by atoms with Gasteiger partial charge in [-0.15, -0.1) is 0 Å². The Hall–Kier alpha value is -3.39. The second-order valence-corrected chi connectivity index (χ2v) is 7.84. The Labute approximate surface area is 188 Å². The van der Waals surface area contributed by atoms with Crippen molar-refractivity contribution in [1.82, 2.24) is 25.4 Å². The van der Waals surface area contributed by atoms with Crippen LogP contribution in [-0.2, 0) is 30.9 Å². The van der Waals surface area contributed by atoms with Crippen LogP contribution < -0.4 is 15.4 Å². The standard InChI is InChI=1S/C24H30N6O2/c1-17-8-4-6-10-20(17)32-21-11-7-5-9-18(21)14-26-24(25-2)27-19-12-13-23-28-22(16-31-3)29-30(23)15-19/h4-11,19H,12-16H2,1-3H3,(H2,25,26,27). The van der Waals surface area contributed by atoms with E-state index in [1.807, 2.05) is 54.1 Å². The molecule has 8 nitrogen and oxygen atoms in total. The number of fused-ring (bicyclic) bond motifs is 1. The molecule has 4 rings (SSSR count). The number of ether oxygens (including phenoxy) is 2. The molecule has 0 radical (unpaired) electrons. The van der Waals surface area contributed by atoms with Crippen molar-refractivity contribution in [1.29, 1.82) is 0 Å². The number of nitrogens with one attached hydrogen (secondary N) is 2. The molecule has 0 saturated heterocycles. The molecule has 1 unspecified atom stereocenters. The Kier molecular flexibility index (Phi) is 7.01. The first-order chi connectivity index (χ1) is 15.7. The third-order valence-electron chi connectivity index (χ3n) is 5.47. The molecule has 2 N–H and O–H groups in total. The predicted octanol–water partition coefficient (Wildman–Crippen LogP) is 3.21. The highest BCUT2D eigenvalue weighted by Crippen LogP contribution is 2.27. The summed E-state index contributed by atoms with van der Waals surface area (Å²) >= 11 is 0. The molecule has 0 amide bonds. The maximum atomic E-state index is 6.19. The van der Waals surface area contributed by atoms with Gasteiger partial charge in [-0.05, 0) is 31.0 Å². The van der Waals surface area contributed by atoms with E-state index in [9.17, 15) is 0 Å². The van der Waals surface area contributed by atoms with E-state index >= 15 is 0 Å². The van der Waals surface area contributed by atoms with Crippen molar-refractivity contribution < 1.29 is 9.47 Å². The summed E-state index contributed by atoms with van der Waals surface area (Å²) in [6.45, 7) is 3.83. The quantitative estimate of drug-likeness (QED) is 0.439. The minimum Gasteiger partial charge on any atom is -0.457 e. The zero-order chi connectivity index (χ0) is 22.3. The van der Waals surface area contributed by atoms with Gasteiger partial charge in [0.25, 0.3) is 0 Å². The third-order valence-corrected chi connectivity index (χ3v) is 5.47. The number of hydrogen-bond acceptors (Lipinski definition) is 5. The van der Waals surface area contributed by atoms with E-state index < -0.39 is 0 Å². The van der Waals surface area contributed by atoms with Gasteiger partial charge in [0.15, 0.2) is 11.8 Å².